The fourth-order valence-corrected chi connectivity index (χ4v) is 2.30. The molecule has 1 aromatic carbocycles. The Morgan fingerprint density at radius 3 is 2.83 bits per heavy atom. The summed E-state index contributed by atoms with van der Waals surface area (Å²) in [4.78, 5) is 17.4. The highest BCUT2D eigenvalue weighted by atomic mass is 19.4. The fourth-order valence-electron chi connectivity index (χ4n) is 2.30. The Morgan fingerprint density at radius 2 is 2.22 bits per heavy atom. The summed E-state index contributed by atoms with van der Waals surface area (Å²) in [5, 5.41) is 3.85. The Balaban J connectivity index is 2.12. The molecular formula is C15H19F3N2O3. The fraction of sp³-hybridized carbons (Fsp3) is 0.533. The topological polar surface area (TPSA) is 50.8 Å². The van der Waals surface area contributed by atoms with Crippen LogP contribution in [0.1, 0.15) is 30.0 Å². The van der Waals surface area contributed by atoms with E-state index in [1.807, 2.05) is 0 Å². The molecule has 0 radical (unpaired) electrons. The summed E-state index contributed by atoms with van der Waals surface area (Å²) in [5.41, 5.74) is -0.438. The number of carbonyl (C=O) groups excluding carboxylic acids is 1. The summed E-state index contributed by atoms with van der Waals surface area (Å²) in [6.07, 6.45) is -2.74. The van der Waals surface area contributed by atoms with Crippen molar-refractivity contribution >= 4 is 6.03 Å². The highest BCUT2D eigenvalue weighted by Gasteiger charge is 2.31. The molecule has 0 bridgehead atoms. The zero-order valence-corrected chi connectivity index (χ0v) is 12.7. The quantitative estimate of drug-likeness (QED) is 0.922. The van der Waals surface area contributed by atoms with Crippen molar-refractivity contribution in [1.29, 1.82) is 0 Å². The van der Waals surface area contributed by atoms with Crippen LogP contribution in [0.15, 0.2) is 24.3 Å². The Bertz CT molecular complexity index is 531. The van der Waals surface area contributed by atoms with E-state index in [-0.39, 0.29) is 6.61 Å². The molecule has 5 nitrogen and oxygen atoms in total. The molecule has 0 spiro atoms. The van der Waals surface area contributed by atoms with E-state index in [4.69, 9.17) is 9.57 Å². The number of rotatable bonds is 4. The van der Waals surface area contributed by atoms with Crippen molar-refractivity contribution < 1.29 is 27.5 Å². The second-order valence-electron chi connectivity index (χ2n) is 5.22. The number of hydrogen-bond acceptors (Lipinski definition) is 3. The number of nitrogens with one attached hydrogen (secondary N) is 1. The third-order valence-corrected chi connectivity index (χ3v) is 3.48. The average molecular weight is 332 g/mol. The number of methoxy groups -OCH3 is 1. The van der Waals surface area contributed by atoms with Crippen molar-refractivity contribution in [2.45, 2.75) is 25.1 Å². The van der Waals surface area contributed by atoms with Crippen LogP contribution in [0.3, 0.4) is 0 Å². The molecule has 1 aliphatic rings. The number of urea groups is 1. The van der Waals surface area contributed by atoms with Gasteiger partial charge < -0.3 is 10.1 Å². The first-order chi connectivity index (χ1) is 10.9. The predicted octanol–water partition coefficient (Wildman–Crippen LogP) is 3.13. The standard InChI is InChI=1S/C15H19F3N2O3/c1-22-10-13(19-14(21)20-7-2-3-8-23-20)11-5-4-6-12(9-11)15(16,17)18/h4-6,9,13H,2-3,7-8,10H2,1H3,(H,19,21)/t13-/m0/s1. The number of nitrogens with zero attached hydrogens (tertiary/aromatic N) is 1. The minimum atomic E-state index is -4.44. The van der Waals surface area contributed by atoms with Crippen LogP contribution in [0.4, 0.5) is 18.0 Å². The van der Waals surface area contributed by atoms with E-state index in [2.05, 4.69) is 5.32 Å². The van der Waals surface area contributed by atoms with Gasteiger partial charge in [-0.05, 0) is 30.5 Å². The minimum absolute atomic E-state index is 0.0564. The van der Waals surface area contributed by atoms with Crippen LogP contribution >= 0.6 is 0 Å². The first-order valence-electron chi connectivity index (χ1n) is 7.29. The number of hydroxylamine groups is 2. The Labute approximate surface area is 132 Å². The third-order valence-electron chi connectivity index (χ3n) is 3.48. The van der Waals surface area contributed by atoms with E-state index in [0.29, 0.717) is 18.7 Å². The van der Waals surface area contributed by atoms with E-state index in [1.54, 1.807) is 0 Å². The number of carbonyl (C=O) groups is 1. The van der Waals surface area contributed by atoms with Gasteiger partial charge >= 0.3 is 12.2 Å². The summed E-state index contributed by atoms with van der Waals surface area (Å²) in [6, 6.07) is 3.66. The summed E-state index contributed by atoms with van der Waals surface area (Å²) in [5.74, 6) is 0. The second-order valence-corrected chi connectivity index (χ2v) is 5.22. The largest absolute Gasteiger partial charge is 0.416 e. The van der Waals surface area contributed by atoms with Crippen molar-refractivity contribution in [3.05, 3.63) is 35.4 Å². The number of halogens is 3. The van der Waals surface area contributed by atoms with Gasteiger partial charge in [-0.15, -0.1) is 0 Å². The van der Waals surface area contributed by atoms with Gasteiger partial charge in [-0.2, -0.15) is 13.2 Å². The normalized spacial score (nSPS) is 17.0. The van der Waals surface area contributed by atoms with Crippen molar-refractivity contribution in [3.63, 3.8) is 0 Å². The maximum atomic E-state index is 12.8. The zero-order chi connectivity index (χ0) is 16.9. The van der Waals surface area contributed by atoms with E-state index in [9.17, 15) is 18.0 Å². The molecule has 1 N–H and O–H groups in total. The first kappa shape index (κ1) is 17.6. The minimum Gasteiger partial charge on any atom is -0.382 e. The zero-order valence-electron chi connectivity index (χ0n) is 12.7. The molecule has 1 atom stereocenters. The molecule has 1 aliphatic heterocycles. The van der Waals surface area contributed by atoms with Crippen molar-refractivity contribution in [1.82, 2.24) is 10.4 Å². The lowest BCUT2D eigenvalue weighted by atomic mass is 10.0. The smallest absolute Gasteiger partial charge is 0.382 e. The van der Waals surface area contributed by atoms with Gasteiger partial charge in [-0.25, -0.2) is 9.86 Å². The molecule has 1 fully saturated rings. The number of ether oxygens (including phenoxy) is 1. The molecule has 0 aliphatic carbocycles. The molecule has 8 heteroatoms. The SMILES string of the molecule is COC[C@H](NC(=O)N1CCCCO1)c1cccc(C(F)(F)F)c1. The Kier molecular flexibility index (Phi) is 5.84. The van der Waals surface area contributed by atoms with Crippen LogP contribution in [-0.4, -0.2) is 38.0 Å². The lowest BCUT2D eigenvalue weighted by Gasteiger charge is -2.28. The highest BCUT2D eigenvalue weighted by molar-refractivity contribution is 5.73. The molecule has 0 aromatic heterocycles. The molecule has 0 unspecified atom stereocenters. The molecule has 2 amide bonds. The van der Waals surface area contributed by atoms with Crippen LogP contribution in [0, 0.1) is 0 Å². The lowest BCUT2D eigenvalue weighted by molar-refractivity contribution is -0.140. The van der Waals surface area contributed by atoms with Crippen LogP contribution in [-0.2, 0) is 15.8 Å². The van der Waals surface area contributed by atoms with Crippen LogP contribution in [0.25, 0.3) is 0 Å². The molecule has 1 aromatic rings. The van der Waals surface area contributed by atoms with E-state index < -0.39 is 23.8 Å². The van der Waals surface area contributed by atoms with Gasteiger partial charge in [0.05, 0.1) is 31.4 Å². The van der Waals surface area contributed by atoms with E-state index in [0.717, 1.165) is 25.0 Å². The van der Waals surface area contributed by atoms with Crippen molar-refractivity contribution in [2.24, 2.45) is 0 Å². The van der Waals surface area contributed by atoms with Crippen LogP contribution < -0.4 is 5.32 Å². The number of alkyl halides is 3. The summed E-state index contributed by atoms with van der Waals surface area (Å²) >= 11 is 0. The lowest BCUT2D eigenvalue weighted by Crippen LogP contribution is -2.44. The summed E-state index contributed by atoms with van der Waals surface area (Å²) in [6.45, 7) is 0.959. The van der Waals surface area contributed by atoms with Gasteiger partial charge in [0.1, 0.15) is 0 Å². The molecule has 128 valence electrons. The van der Waals surface area contributed by atoms with Crippen LogP contribution in [0.2, 0.25) is 0 Å². The second kappa shape index (κ2) is 7.65. The van der Waals surface area contributed by atoms with Crippen LogP contribution in [0.5, 0.6) is 0 Å². The Hall–Kier alpha value is -1.80. The van der Waals surface area contributed by atoms with Gasteiger partial charge in [-0.3, -0.25) is 4.84 Å². The monoisotopic (exact) mass is 332 g/mol. The van der Waals surface area contributed by atoms with Gasteiger partial charge in [0.2, 0.25) is 0 Å². The molecule has 2 rings (SSSR count). The average Bonchev–Trinajstić information content (AvgIpc) is 2.54. The number of amides is 2. The van der Waals surface area contributed by atoms with Crippen molar-refractivity contribution in [3.8, 4) is 0 Å². The summed E-state index contributed by atoms with van der Waals surface area (Å²) < 4.78 is 43.5. The molecule has 1 heterocycles. The predicted molar refractivity (Wildman–Crippen MR) is 76.5 cm³/mol. The number of hydrogen-bond donors (Lipinski definition) is 1. The molecule has 0 saturated carbocycles. The van der Waals surface area contributed by atoms with E-state index >= 15 is 0 Å². The summed E-state index contributed by atoms with van der Waals surface area (Å²) in [7, 11) is 1.42. The maximum Gasteiger partial charge on any atom is 0.416 e. The van der Waals surface area contributed by atoms with Gasteiger partial charge in [-0.1, -0.05) is 12.1 Å². The van der Waals surface area contributed by atoms with Gasteiger partial charge in [0.15, 0.2) is 0 Å². The molecule has 1 saturated heterocycles. The highest BCUT2D eigenvalue weighted by Crippen LogP contribution is 2.30. The molecular weight excluding hydrogens is 313 g/mol. The van der Waals surface area contributed by atoms with E-state index in [1.165, 1.54) is 24.3 Å². The molecule has 23 heavy (non-hydrogen) atoms. The Morgan fingerprint density at radius 1 is 1.43 bits per heavy atom. The first-order valence-corrected chi connectivity index (χ1v) is 7.29. The van der Waals surface area contributed by atoms with Crippen molar-refractivity contribution in [2.75, 3.05) is 26.9 Å². The number of benzene rings is 1. The van der Waals surface area contributed by atoms with Gasteiger partial charge in [0, 0.05) is 7.11 Å². The maximum absolute atomic E-state index is 12.8. The third kappa shape index (κ3) is 4.84. The van der Waals surface area contributed by atoms with Gasteiger partial charge in [0.25, 0.3) is 0 Å².